The highest BCUT2D eigenvalue weighted by Gasteiger charge is 2.33. The first kappa shape index (κ1) is 13.8. The SMILES string of the molecule is Cc1ccnc2c(O)ccc(C(F)(F)F)c12.[Al]. The smallest absolute Gasteiger partial charge is 0.417 e. The standard InChI is InChI=1S/C11H8F3NO.Al/c1-6-4-5-15-10-8(16)3-2-7(9(6)10)11(12,13)14;/h2-5,16H,1H3;. The van der Waals surface area contributed by atoms with Gasteiger partial charge in [0.2, 0.25) is 0 Å². The number of aromatic nitrogens is 1. The Bertz CT molecular complexity index is 554. The predicted octanol–water partition coefficient (Wildman–Crippen LogP) is 2.89. The molecular weight excluding hydrogens is 246 g/mol. The van der Waals surface area contributed by atoms with Crippen LogP contribution in [-0.4, -0.2) is 27.5 Å². The monoisotopic (exact) mass is 254 g/mol. The van der Waals surface area contributed by atoms with Crippen molar-refractivity contribution in [1.82, 2.24) is 4.98 Å². The van der Waals surface area contributed by atoms with Crippen molar-refractivity contribution in [3.63, 3.8) is 0 Å². The Morgan fingerprint density at radius 1 is 1.18 bits per heavy atom. The maximum Gasteiger partial charge on any atom is 0.417 e. The fourth-order valence-corrected chi connectivity index (χ4v) is 1.65. The molecule has 2 nitrogen and oxygen atoms in total. The van der Waals surface area contributed by atoms with Crippen LogP contribution in [0.15, 0.2) is 24.4 Å². The van der Waals surface area contributed by atoms with Crippen molar-refractivity contribution < 1.29 is 18.3 Å². The van der Waals surface area contributed by atoms with Crippen LogP contribution in [0.3, 0.4) is 0 Å². The third-order valence-electron chi connectivity index (χ3n) is 2.38. The van der Waals surface area contributed by atoms with Crippen molar-refractivity contribution in [1.29, 1.82) is 0 Å². The van der Waals surface area contributed by atoms with Crippen molar-refractivity contribution in [2.24, 2.45) is 0 Å². The van der Waals surface area contributed by atoms with Gasteiger partial charge >= 0.3 is 6.18 Å². The van der Waals surface area contributed by atoms with Gasteiger partial charge in [-0.3, -0.25) is 4.98 Å². The van der Waals surface area contributed by atoms with Gasteiger partial charge in [-0.1, -0.05) is 0 Å². The minimum absolute atomic E-state index is 0. The number of fused-ring (bicyclic) bond motifs is 1. The Balaban J connectivity index is 0.00000144. The average Bonchev–Trinajstić information content (AvgIpc) is 2.18. The highest BCUT2D eigenvalue weighted by Crippen LogP contribution is 2.38. The van der Waals surface area contributed by atoms with Crippen LogP contribution in [0.2, 0.25) is 0 Å². The van der Waals surface area contributed by atoms with Crippen molar-refractivity contribution in [3.05, 3.63) is 35.5 Å². The second-order valence-corrected chi connectivity index (χ2v) is 3.48. The van der Waals surface area contributed by atoms with Gasteiger partial charge in [-0.15, -0.1) is 0 Å². The number of aryl methyl sites for hydroxylation is 1. The molecule has 87 valence electrons. The van der Waals surface area contributed by atoms with Crippen molar-refractivity contribution in [2.75, 3.05) is 0 Å². The first-order valence-electron chi connectivity index (χ1n) is 4.56. The maximum atomic E-state index is 12.7. The topological polar surface area (TPSA) is 33.1 Å². The zero-order valence-electron chi connectivity index (χ0n) is 8.92. The normalized spacial score (nSPS) is 11.3. The number of rotatable bonds is 0. The molecule has 6 heteroatoms. The van der Waals surface area contributed by atoms with Crippen LogP contribution < -0.4 is 0 Å². The van der Waals surface area contributed by atoms with Gasteiger partial charge in [-0.25, -0.2) is 0 Å². The summed E-state index contributed by atoms with van der Waals surface area (Å²) in [7, 11) is 0. The summed E-state index contributed by atoms with van der Waals surface area (Å²) in [5.41, 5.74) is -0.353. The summed E-state index contributed by atoms with van der Waals surface area (Å²) < 4.78 is 38.2. The van der Waals surface area contributed by atoms with Gasteiger partial charge in [0.05, 0.1) is 5.56 Å². The van der Waals surface area contributed by atoms with E-state index in [2.05, 4.69) is 4.98 Å². The van der Waals surface area contributed by atoms with Gasteiger partial charge in [0.15, 0.2) is 0 Å². The molecule has 0 bridgehead atoms. The minimum Gasteiger partial charge on any atom is -0.506 e. The largest absolute Gasteiger partial charge is 0.506 e. The molecule has 17 heavy (non-hydrogen) atoms. The maximum absolute atomic E-state index is 12.7. The number of aromatic hydroxyl groups is 1. The Morgan fingerprint density at radius 2 is 1.82 bits per heavy atom. The van der Waals surface area contributed by atoms with E-state index in [9.17, 15) is 18.3 Å². The van der Waals surface area contributed by atoms with Crippen LogP contribution in [0.25, 0.3) is 10.9 Å². The molecule has 0 fully saturated rings. The second-order valence-electron chi connectivity index (χ2n) is 3.48. The molecule has 1 N–H and O–H groups in total. The van der Waals surface area contributed by atoms with Crippen LogP contribution in [0, 0.1) is 6.92 Å². The Morgan fingerprint density at radius 3 is 2.41 bits per heavy atom. The highest BCUT2D eigenvalue weighted by molar-refractivity contribution is 5.90. The molecule has 1 heterocycles. The summed E-state index contributed by atoms with van der Waals surface area (Å²) in [6.07, 6.45) is -3.07. The van der Waals surface area contributed by atoms with E-state index in [1.807, 2.05) is 0 Å². The van der Waals surface area contributed by atoms with E-state index >= 15 is 0 Å². The first-order valence-corrected chi connectivity index (χ1v) is 4.56. The molecule has 1 aromatic carbocycles. The molecule has 2 aromatic rings. The van der Waals surface area contributed by atoms with Gasteiger partial charge in [-0.05, 0) is 30.7 Å². The van der Waals surface area contributed by atoms with Gasteiger partial charge in [0.25, 0.3) is 0 Å². The van der Waals surface area contributed by atoms with Gasteiger partial charge in [0, 0.05) is 28.9 Å². The zero-order chi connectivity index (χ0) is 11.9. The van der Waals surface area contributed by atoms with Gasteiger partial charge in [-0.2, -0.15) is 13.2 Å². The Hall–Kier alpha value is -1.25. The molecule has 0 amide bonds. The van der Waals surface area contributed by atoms with Crippen molar-refractivity contribution >= 4 is 28.3 Å². The summed E-state index contributed by atoms with van der Waals surface area (Å²) >= 11 is 0. The number of hydrogen-bond donors (Lipinski definition) is 1. The molecule has 0 spiro atoms. The van der Waals surface area contributed by atoms with Crippen molar-refractivity contribution in [3.8, 4) is 5.75 Å². The summed E-state index contributed by atoms with van der Waals surface area (Å²) in [5.74, 6) is -0.244. The number of benzene rings is 1. The van der Waals surface area contributed by atoms with Gasteiger partial charge < -0.3 is 5.11 Å². The minimum atomic E-state index is -4.44. The summed E-state index contributed by atoms with van der Waals surface area (Å²) in [4.78, 5) is 3.77. The number of phenols is 1. The predicted molar refractivity (Wildman–Crippen MR) is 58.9 cm³/mol. The molecule has 2 rings (SSSR count). The molecule has 0 saturated heterocycles. The van der Waals surface area contributed by atoms with Crippen LogP contribution in [0.4, 0.5) is 13.2 Å². The van der Waals surface area contributed by atoms with Crippen LogP contribution >= 0.6 is 0 Å². The Labute approximate surface area is 106 Å². The number of phenolic OH excluding ortho intramolecular Hbond substituents is 1. The van der Waals surface area contributed by atoms with E-state index in [0.717, 1.165) is 12.1 Å². The zero-order valence-corrected chi connectivity index (χ0v) is 10.1. The number of hydrogen-bond acceptors (Lipinski definition) is 2. The molecular formula is C11H8AlF3NO. The molecule has 0 aliphatic heterocycles. The van der Waals surface area contributed by atoms with Crippen molar-refractivity contribution in [2.45, 2.75) is 13.1 Å². The summed E-state index contributed by atoms with van der Waals surface area (Å²) in [5, 5.41) is 9.41. The van der Waals surface area contributed by atoms with E-state index in [1.54, 1.807) is 6.92 Å². The molecule has 0 aliphatic carbocycles. The lowest BCUT2D eigenvalue weighted by atomic mass is 10.0. The van der Waals surface area contributed by atoms with E-state index in [4.69, 9.17) is 0 Å². The fraction of sp³-hybridized carbons (Fsp3) is 0.182. The van der Waals surface area contributed by atoms with Gasteiger partial charge in [0.1, 0.15) is 11.3 Å². The van der Waals surface area contributed by atoms with E-state index in [0.29, 0.717) is 5.56 Å². The quantitative estimate of drug-likeness (QED) is 0.733. The lowest BCUT2D eigenvalue weighted by Crippen LogP contribution is -2.06. The molecule has 1 aromatic heterocycles. The lowest BCUT2D eigenvalue weighted by Gasteiger charge is -2.12. The van der Waals surface area contributed by atoms with E-state index in [-0.39, 0.29) is 34.0 Å². The third-order valence-corrected chi connectivity index (χ3v) is 2.38. The number of alkyl halides is 3. The molecule has 0 unspecified atom stereocenters. The highest BCUT2D eigenvalue weighted by atomic mass is 27.0. The number of halogens is 3. The Kier molecular flexibility index (Phi) is 3.70. The number of pyridine rings is 1. The third kappa shape index (κ3) is 2.38. The van der Waals surface area contributed by atoms with Crippen LogP contribution in [0.1, 0.15) is 11.1 Å². The summed E-state index contributed by atoms with van der Waals surface area (Å²) in [6, 6.07) is 3.36. The second kappa shape index (κ2) is 4.55. The van der Waals surface area contributed by atoms with E-state index < -0.39 is 11.7 Å². The van der Waals surface area contributed by atoms with Crippen LogP contribution in [-0.2, 0) is 6.18 Å². The lowest BCUT2D eigenvalue weighted by molar-refractivity contribution is -0.136. The number of nitrogens with zero attached hydrogens (tertiary/aromatic N) is 1. The molecule has 3 radical (unpaired) electrons. The summed E-state index contributed by atoms with van der Waals surface area (Å²) in [6.45, 7) is 1.55. The molecule has 0 saturated carbocycles. The molecule has 0 aliphatic rings. The first-order chi connectivity index (χ1) is 7.41. The molecule has 0 atom stereocenters. The average molecular weight is 254 g/mol. The van der Waals surface area contributed by atoms with Crippen LogP contribution in [0.5, 0.6) is 5.75 Å². The van der Waals surface area contributed by atoms with E-state index in [1.165, 1.54) is 12.3 Å². The fourth-order valence-electron chi connectivity index (χ4n) is 1.65.